The van der Waals surface area contributed by atoms with E-state index in [1.54, 1.807) is 13.8 Å². The number of ether oxygens (including phenoxy) is 4. The zero-order valence-electron chi connectivity index (χ0n) is 25.8. The first-order chi connectivity index (χ1) is 22.3. The standard InChI is InChI=1S/C31H36N6O10/c1-31(2)46-26(16-34-22-10-9-20(29(32)38)13-23(22)36(40)41)27(47-31)17-35-28-24(37(42)43)14-21(30(33)39)15-25(28)45-12-6-11-44-18-19-7-4-3-5-8-19/h3-5,7-10,13-15,26-27,34-35H,6,11-12,16-18H2,1-2H3,(H2,32,38)(H2,33,39)/t26-,27-/m1/s1. The predicted octanol–water partition coefficient (Wildman–Crippen LogP) is 3.73. The van der Waals surface area contributed by atoms with Gasteiger partial charge in [-0.15, -0.1) is 0 Å². The Morgan fingerprint density at radius 3 is 2.09 bits per heavy atom. The summed E-state index contributed by atoms with van der Waals surface area (Å²) in [6, 6.07) is 15.8. The number of anilines is 2. The molecule has 0 spiro atoms. The van der Waals surface area contributed by atoms with Crippen LogP contribution in [-0.4, -0.2) is 66.0 Å². The third-order valence-electron chi connectivity index (χ3n) is 7.10. The van der Waals surface area contributed by atoms with Gasteiger partial charge in [-0.3, -0.25) is 29.8 Å². The Morgan fingerprint density at radius 1 is 0.851 bits per heavy atom. The highest BCUT2D eigenvalue weighted by molar-refractivity contribution is 5.96. The Bertz CT molecular complexity index is 1620. The average molecular weight is 653 g/mol. The van der Waals surface area contributed by atoms with Crippen molar-refractivity contribution in [3.63, 3.8) is 0 Å². The molecule has 1 fully saturated rings. The molecule has 0 unspecified atom stereocenters. The van der Waals surface area contributed by atoms with Crippen LogP contribution >= 0.6 is 0 Å². The van der Waals surface area contributed by atoms with Crippen LogP contribution in [0.1, 0.15) is 46.5 Å². The van der Waals surface area contributed by atoms with Crippen molar-refractivity contribution in [3.05, 3.63) is 97.6 Å². The van der Waals surface area contributed by atoms with Crippen molar-refractivity contribution in [3.8, 4) is 5.75 Å². The van der Waals surface area contributed by atoms with Crippen LogP contribution in [0, 0.1) is 20.2 Å². The van der Waals surface area contributed by atoms with Crippen molar-refractivity contribution in [1.29, 1.82) is 0 Å². The number of nitrogens with zero attached hydrogens (tertiary/aromatic N) is 2. The van der Waals surface area contributed by atoms with E-state index in [0.29, 0.717) is 19.6 Å². The molecule has 2 amide bonds. The summed E-state index contributed by atoms with van der Waals surface area (Å²) in [7, 11) is 0. The van der Waals surface area contributed by atoms with Crippen LogP contribution in [0.4, 0.5) is 22.7 Å². The number of nitrogens with two attached hydrogens (primary N) is 2. The average Bonchev–Trinajstić information content (AvgIpc) is 3.33. The van der Waals surface area contributed by atoms with Gasteiger partial charge in [-0.25, -0.2) is 0 Å². The molecule has 1 saturated heterocycles. The number of primary amides is 2. The first kappa shape index (κ1) is 34.6. The topological polar surface area (TPSA) is 233 Å². The van der Waals surface area contributed by atoms with Gasteiger partial charge < -0.3 is 41.0 Å². The van der Waals surface area contributed by atoms with E-state index in [4.69, 9.17) is 30.4 Å². The number of amides is 2. The van der Waals surface area contributed by atoms with Gasteiger partial charge in [-0.2, -0.15) is 0 Å². The lowest BCUT2D eigenvalue weighted by molar-refractivity contribution is -0.384. The highest BCUT2D eigenvalue weighted by atomic mass is 16.8. The molecule has 16 heteroatoms. The molecule has 4 rings (SSSR count). The second-order valence-electron chi connectivity index (χ2n) is 11.1. The van der Waals surface area contributed by atoms with E-state index in [0.717, 1.165) is 17.7 Å². The zero-order chi connectivity index (χ0) is 34.1. The first-order valence-corrected chi connectivity index (χ1v) is 14.6. The minimum Gasteiger partial charge on any atom is -0.491 e. The van der Waals surface area contributed by atoms with Gasteiger partial charge in [-0.1, -0.05) is 30.3 Å². The SMILES string of the molecule is CC1(C)O[C@H](CNc2ccc(C(N)=O)cc2[N+](=O)[O-])[C@@H](CNc2c(OCCCOCc3ccccc3)cc(C(N)=O)cc2[N+](=O)[O-])O1. The van der Waals surface area contributed by atoms with Crippen molar-refractivity contribution in [2.45, 2.75) is 44.9 Å². The van der Waals surface area contributed by atoms with Crippen molar-refractivity contribution < 1.29 is 38.4 Å². The molecule has 0 radical (unpaired) electrons. The maximum Gasteiger partial charge on any atom is 0.296 e. The predicted molar refractivity (Wildman–Crippen MR) is 170 cm³/mol. The van der Waals surface area contributed by atoms with E-state index >= 15 is 0 Å². The highest BCUT2D eigenvalue weighted by Crippen LogP contribution is 2.37. The number of benzene rings is 3. The Morgan fingerprint density at radius 2 is 1.47 bits per heavy atom. The molecule has 47 heavy (non-hydrogen) atoms. The van der Waals surface area contributed by atoms with Gasteiger partial charge in [0.2, 0.25) is 11.8 Å². The number of hydrogen-bond donors (Lipinski definition) is 4. The summed E-state index contributed by atoms with van der Waals surface area (Å²) in [4.78, 5) is 45.9. The first-order valence-electron chi connectivity index (χ1n) is 14.6. The lowest BCUT2D eigenvalue weighted by Gasteiger charge is -2.20. The third-order valence-corrected chi connectivity index (χ3v) is 7.10. The fraction of sp³-hybridized carbons (Fsp3) is 0.355. The monoisotopic (exact) mass is 652 g/mol. The lowest BCUT2D eigenvalue weighted by atomic mass is 10.1. The lowest BCUT2D eigenvalue weighted by Crippen LogP contribution is -2.35. The molecule has 0 aromatic heterocycles. The smallest absolute Gasteiger partial charge is 0.296 e. The van der Waals surface area contributed by atoms with Crippen LogP contribution in [0.5, 0.6) is 5.75 Å². The molecule has 0 saturated carbocycles. The maximum atomic E-state index is 12.1. The molecular weight excluding hydrogens is 616 g/mol. The van der Waals surface area contributed by atoms with Gasteiger partial charge in [0.1, 0.15) is 23.6 Å². The minimum atomic E-state index is -1.05. The largest absolute Gasteiger partial charge is 0.491 e. The van der Waals surface area contributed by atoms with Gasteiger partial charge in [0, 0.05) is 42.8 Å². The summed E-state index contributed by atoms with van der Waals surface area (Å²) in [6.45, 7) is 4.30. The van der Waals surface area contributed by atoms with Gasteiger partial charge in [-0.05, 0) is 37.6 Å². The Kier molecular flexibility index (Phi) is 11.3. The fourth-order valence-electron chi connectivity index (χ4n) is 4.94. The summed E-state index contributed by atoms with van der Waals surface area (Å²) in [5.74, 6) is -2.69. The molecular formula is C31H36N6O10. The normalized spacial score (nSPS) is 16.7. The summed E-state index contributed by atoms with van der Waals surface area (Å²) in [6.07, 6.45) is -0.923. The van der Waals surface area contributed by atoms with E-state index < -0.39 is 45.3 Å². The van der Waals surface area contributed by atoms with Gasteiger partial charge in [0.15, 0.2) is 11.5 Å². The number of nitrogens with one attached hydrogen (secondary N) is 2. The molecule has 1 aliphatic rings. The van der Waals surface area contributed by atoms with Crippen molar-refractivity contribution in [2.75, 3.05) is 36.9 Å². The molecule has 0 bridgehead atoms. The van der Waals surface area contributed by atoms with Gasteiger partial charge in [0.25, 0.3) is 11.4 Å². The molecule has 250 valence electrons. The Labute approximate surface area is 269 Å². The number of nitro groups is 2. The third kappa shape index (κ3) is 9.35. The molecule has 3 aromatic carbocycles. The molecule has 1 heterocycles. The molecule has 2 atom stereocenters. The maximum absolute atomic E-state index is 12.1. The second kappa shape index (κ2) is 15.3. The minimum absolute atomic E-state index is 0.00268. The number of nitro benzene ring substituents is 2. The van der Waals surface area contributed by atoms with E-state index in [2.05, 4.69) is 10.6 Å². The van der Waals surface area contributed by atoms with E-state index in [9.17, 15) is 29.8 Å². The molecule has 1 aliphatic heterocycles. The van der Waals surface area contributed by atoms with Crippen LogP contribution in [-0.2, 0) is 20.8 Å². The van der Waals surface area contributed by atoms with E-state index in [1.807, 2.05) is 30.3 Å². The second-order valence-corrected chi connectivity index (χ2v) is 11.1. The summed E-state index contributed by atoms with van der Waals surface area (Å²) < 4.78 is 23.6. The number of carbonyl (C=O) groups excluding carboxylic acids is 2. The van der Waals surface area contributed by atoms with Crippen LogP contribution in [0.15, 0.2) is 60.7 Å². The van der Waals surface area contributed by atoms with Crippen molar-refractivity contribution >= 4 is 34.6 Å². The zero-order valence-corrected chi connectivity index (χ0v) is 25.8. The van der Waals surface area contributed by atoms with Crippen LogP contribution in [0.3, 0.4) is 0 Å². The van der Waals surface area contributed by atoms with Crippen molar-refractivity contribution in [2.24, 2.45) is 11.5 Å². The Balaban J connectivity index is 1.47. The molecule has 0 aliphatic carbocycles. The van der Waals surface area contributed by atoms with Crippen molar-refractivity contribution in [1.82, 2.24) is 0 Å². The molecule has 3 aromatic rings. The summed E-state index contributed by atoms with van der Waals surface area (Å²) >= 11 is 0. The number of rotatable bonds is 17. The quantitative estimate of drug-likeness (QED) is 0.0928. The number of carbonyl (C=O) groups is 2. The highest BCUT2D eigenvalue weighted by Gasteiger charge is 2.41. The van der Waals surface area contributed by atoms with E-state index in [-0.39, 0.29) is 53.6 Å². The van der Waals surface area contributed by atoms with Crippen LogP contribution in [0.2, 0.25) is 0 Å². The van der Waals surface area contributed by atoms with E-state index in [1.165, 1.54) is 18.2 Å². The number of hydrogen-bond acceptors (Lipinski definition) is 12. The van der Waals surface area contributed by atoms with Crippen LogP contribution < -0.4 is 26.8 Å². The van der Waals surface area contributed by atoms with Gasteiger partial charge >= 0.3 is 0 Å². The summed E-state index contributed by atoms with van der Waals surface area (Å²) in [5, 5.41) is 29.7. The fourth-order valence-corrected chi connectivity index (χ4v) is 4.94. The summed E-state index contributed by atoms with van der Waals surface area (Å²) in [5.41, 5.74) is 10.9. The van der Waals surface area contributed by atoms with Gasteiger partial charge in [0.05, 0.1) is 29.7 Å². The van der Waals surface area contributed by atoms with Crippen LogP contribution in [0.25, 0.3) is 0 Å². The molecule has 6 N–H and O–H groups in total. The molecule has 16 nitrogen and oxygen atoms in total. The Hall–Kier alpha value is -5.32.